The molecule has 1 saturated heterocycles. The number of phenols is 1. The van der Waals surface area contributed by atoms with Crippen LogP contribution in [-0.2, 0) is 0 Å². The Hall–Kier alpha value is -3.74. The number of hydrogen-bond donors (Lipinski definition) is 3. The summed E-state index contributed by atoms with van der Waals surface area (Å²) in [5, 5.41) is 30.6. The number of pyridine rings is 1. The Balaban J connectivity index is 0.00000274. The molecule has 0 radical (unpaired) electrons. The topological polar surface area (TPSA) is 101 Å². The van der Waals surface area contributed by atoms with E-state index in [1.165, 1.54) is 6.07 Å². The summed E-state index contributed by atoms with van der Waals surface area (Å²) >= 11 is 0. The molecule has 10 heteroatoms. The molecule has 0 unspecified atom stereocenters. The van der Waals surface area contributed by atoms with Gasteiger partial charge in [-0.2, -0.15) is 14.8 Å². The maximum atomic E-state index is 14.7. The maximum Gasteiger partial charge on any atom is 0.201 e. The standard InChI is InChI=1S/C24H20F2N6O.ClH/c1-13-19-20(14-2-4-15(5-3-14)32-10-8-28-9-11-32)17(12-27)23(29-24(19)31-30-13)16-6-7-18(33)22(26)21(16)25;/h2-7,28,33H,8-11H2,1H3,(H,29,30,31);1H. The number of nitriles is 1. The third kappa shape index (κ3) is 3.81. The van der Waals surface area contributed by atoms with E-state index in [0.29, 0.717) is 16.6 Å². The van der Waals surface area contributed by atoms with Crippen molar-refractivity contribution in [3.63, 3.8) is 0 Å². The molecule has 174 valence electrons. The number of nitrogens with zero attached hydrogens (tertiary/aromatic N) is 4. The van der Waals surface area contributed by atoms with Crippen molar-refractivity contribution < 1.29 is 13.9 Å². The summed E-state index contributed by atoms with van der Waals surface area (Å²) in [7, 11) is 0. The molecule has 1 fully saturated rings. The number of nitrogens with one attached hydrogen (secondary N) is 2. The van der Waals surface area contributed by atoms with Crippen molar-refractivity contribution in [1.82, 2.24) is 20.5 Å². The first-order valence-electron chi connectivity index (χ1n) is 10.5. The summed E-state index contributed by atoms with van der Waals surface area (Å²) in [5.74, 6) is -3.47. The second-order valence-electron chi connectivity index (χ2n) is 7.91. The van der Waals surface area contributed by atoms with Crippen molar-refractivity contribution in [3.05, 3.63) is 59.3 Å². The van der Waals surface area contributed by atoms with Crippen LogP contribution < -0.4 is 10.2 Å². The third-order valence-electron chi connectivity index (χ3n) is 5.95. The highest BCUT2D eigenvalue weighted by Gasteiger charge is 2.25. The number of halogens is 3. The number of benzene rings is 2. The van der Waals surface area contributed by atoms with Crippen LogP contribution >= 0.6 is 12.4 Å². The van der Waals surface area contributed by atoms with E-state index >= 15 is 0 Å². The second-order valence-corrected chi connectivity index (χ2v) is 7.91. The number of fused-ring (bicyclic) bond motifs is 1. The molecule has 0 spiro atoms. The number of aromatic nitrogens is 3. The lowest BCUT2D eigenvalue weighted by Crippen LogP contribution is -2.43. The molecule has 0 atom stereocenters. The highest BCUT2D eigenvalue weighted by atomic mass is 35.5. The predicted molar refractivity (Wildman–Crippen MR) is 128 cm³/mol. The summed E-state index contributed by atoms with van der Waals surface area (Å²) in [5.41, 5.74) is 3.20. The van der Waals surface area contributed by atoms with Crippen LogP contribution in [0.3, 0.4) is 0 Å². The first-order chi connectivity index (χ1) is 16.0. The number of aryl methyl sites for hydroxylation is 1. The minimum absolute atomic E-state index is 0. The number of rotatable bonds is 3. The Morgan fingerprint density at radius 2 is 1.76 bits per heavy atom. The van der Waals surface area contributed by atoms with Crippen LogP contribution in [0.1, 0.15) is 11.3 Å². The largest absolute Gasteiger partial charge is 0.505 e. The smallest absolute Gasteiger partial charge is 0.201 e. The molecule has 0 bridgehead atoms. The molecular formula is C24H21ClF2N6O. The number of aromatic amines is 1. The minimum Gasteiger partial charge on any atom is -0.505 e. The lowest BCUT2D eigenvalue weighted by molar-refractivity contribution is 0.408. The molecular weight excluding hydrogens is 462 g/mol. The first-order valence-corrected chi connectivity index (χ1v) is 10.5. The highest BCUT2D eigenvalue weighted by molar-refractivity contribution is 6.01. The normalized spacial score (nSPS) is 13.5. The molecule has 0 saturated carbocycles. The molecule has 5 rings (SSSR count). The van der Waals surface area contributed by atoms with E-state index in [1.807, 2.05) is 31.2 Å². The second kappa shape index (κ2) is 9.25. The fraction of sp³-hybridized carbons (Fsp3) is 0.208. The monoisotopic (exact) mass is 482 g/mol. The number of phenolic OH excluding ortho intramolecular Hbond substituents is 1. The zero-order chi connectivity index (χ0) is 23.1. The van der Waals surface area contributed by atoms with E-state index in [-0.39, 0.29) is 34.9 Å². The van der Waals surface area contributed by atoms with Gasteiger partial charge in [0, 0.05) is 48.7 Å². The Labute approximate surface area is 200 Å². The average molecular weight is 483 g/mol. The van der Waals surface area contributed by atoms with Crippen LogP contribution in [0.15, 0.2) is 36.4 Å². The van der Waals surface area contributed by atoms with Gasteiger partial charge in [-0.1, -0.05) is 12.1 Å². The summed E-state index contributed by atoms with van der Waals surface area (Å²) in [6.45, 7) is 5.45. The molecule has 0 amide bonds. The fourth-order valence-electron chi connectivity index (χ4n) is 4.28. The van der Waals surface area contributed by atoms with Gasteiger partial charge in [0.15, 0.2) is 17.2 Å². The number of piperazine rings is 1. The van der Waals surface area contributed by atoms with Gasteiger partial charge < -0.3 is 15.3 Å². The summed E-state index contributed by atoms with van der Waals surface area (Å²) in [4.78, 5) is 6.65. The van der Waals surface area contributed by atoms with E-state index in [4.69, 9.17) is 0 Å². The van der Waals surface area contributed by atoms with Crippen molar-refractivity contribution >= 4 is 29.1 Å². The molecule has 1 aliphatic heterocycles. The van der Waals surface area contributed by atoms with Gasteiger partial charge in [-0.15, -0.1) is 12.4 Å². The van der Waals surface area contributed by atoms with Crippen molar-refractivity contribution in [1.29, 1.82) is 5.26 Å². The fourth-order valence-corrected chi connectivity index (χ4v) is 4.28. The van der Waals surface area contributed by atoms with Gasteiger partial charge in [0.05, 0.1) is 16.6 Å². The van der Waals surface area contributed by atoms with Gasteiger partial charge in [0.25, 0.3) is 0 Å². The van der Waals surface area contributed by atoms with Crippen LogP contribution in [0.4, 0.5) is 14.5 Å². The summed E-state index contributed by atoms with van der Waals surface area (Å²) in [6, 6.07) is 12.2. The van der Waals surface area contributed by atoms with Crippen molar-refractivity contribution in [2.45, 2.75) is 6.92 Å². The van der Waals surface area contributed by atoms with E-state index < -0.39 is 17.4 Å². The van der Waals surface area contributed by atoms with Gasteiger partial charge >= 0.3 is 0 Å². The average Bonchev–Trinajstić information content (AvgIpc) is 3.22. The van der Waals surface area contributed by atoms with Crippen LogP contribution in [0, 0.1) is 29.9 Å². The number of hydrogen-bond acceptors (Lipinski definition) is 6. The van der Waals surface area contributed by atoms with Gasteiger partial charge in [0.1, 0.15) is 6.07 Å². The lowest BCUT2D eigenvalue weighted by atomic mass is 9.93. The molecule has 3 heterocycles. The molecule has 34 heavy (non-hydrogen) atoms. The molecule has 3 N–H and O–H groups in total. The van der Waals surface area contributed by atoms with E-state index in [0.717, 1.165) is 43.5 Å². The molecule has 4 aromatic rings. The van der Waals surface area contributed by atoms with E-state index in [9.17, 15) is 19.1 Å². The summed E-state index contributed by atoms with van der Waals surface area (Å²) < 4.78 is 28.8. The van der Waals surface area contributed by atoms with Gasteiger partial charge in [-0.25, -0.2) is 9.37 Å². The predicted octanol–water partition coefficient (Wildman–Crippen LogP) is 4.29. The van der Waals surface area contributed by atoms with E-state index in [1.54, 1.807) is 0 Å². The maximum absolute atomic E-state index is 14.7. The number of H-pyrrole nitrogens is 1. The SMILES string of the molecule is Cc1[nH]nc2nc(-c3ccc(O)c(F)c3F)c(C#N)c(-c3ccc(N4CCNCC4)cc3)c12.Cl. The van der Waals surface area contributed by atoms with Gasteiger partial charge in [-0.3, -0.25) is 5.10 Å². The Morgan fingerprint density at radius 1 is 1.06 bits per heavy atom. The number of anilines is 1. The lowest BCUT2D eigenvalue weighted by Gasteiger charge is -2.29. The Morgan fingerprint density at radius 3 is 2.44 bits per heavy atom. The third-order valence-corrected chi connectivity index (χ3v) is 5.95. The molecule has 7 nitrogen and oxygen atoms in total. The molecule has 0 aliphatic carbocycles. The Bertz CT molecular complexity index is 1410. The summed E-state index contributed by atoms with van der Waals surface area (Å²) in [6.07, 6.45) is 0. The minimum atomic E-state index is -1.39. The van der Waals surface area contributed by atoms with Gasteiger partial charge in [-0.05, 0) is 36.8 Å². The van der Waals surface area contributed by atoms with Crippen molar-refractivity contribution in [3.8, 4) is 34.2 Å². The zero-order valence-electron chi connectivity index (χ0n) is 18.2. The molecule has 2 aromatic heterocycles. The first kappa shape index (κ1) is 23.4. The quantitative estimate of drug-likeness (QED) is 0.403. The zero-order valence-corrected chi connectivity index (χ0v) is 19.0. The van der Waals surface area contributed by atoms with Crippen LogP contribution in [0.25, 0.3) is 33.4 Å². The van der Waals surface area contributed by atoms with Crippen molar-refractivity contribution in [2.24, 2.45) is 0 Å². The Kier molecular flexibility index (Phi) is 6.37. The van der Waals surface area contributed by atoms with Crippen LogP contribution in [-0.4, -0.2) is 46.5 Å². The molecule has 2 aromatic carbocycles. The highest BCUT2D eigenvalue weighted by Crippen LogP contribution is 2.39. The van der Waals surface area contributed by atoms with Crippen LogP contribution in [0.5, 0.6) is 5.75 Å². The van der Waals surface area contributed by atoms with Crippen LogP contribution in [0.2, 0.25) is 0 Å². The molecule has 1 aliphatic rings. The number of aromatic hydroxyl groups is 1. The van der Waals surface area contributed by atoms with E-state index in [2.05, 4.69) is 31.5 Å². The van der Waals surface area contributed by atoms with Gasteiger partial charge in [0.2, 0.25) is 5.82 Å². The van der Waals surface area contributed by atoms with Crippen molar-refractivity contribution in [2.75, 3.05) is 31.1 Å².